The minimum Gasteiger partial charge on any atom is -0.327 e. The zero-order chi connectivity index (χ0) is 14.0. The van der Waals surface area contributed by atoms with Crippen molar-refractivity contribution in [1.29, 1.82) is 0 Å². The minimum absolute atomic E-state index is 0.0626. The molecule has 0 bridgehead atoms. The highest BCUT2D eigenvalue weighted by Gasteiger charge is 2.34. The van der Waals surface area contributed by atoms with E-state index in [1.54, 1.807) is 11.9 Å². The molecule has 5 heteroatoms. The van der Waals surface area contributed by atoms with Crippen LogP contribution in [0.1, 0.15) is 39.5 Å². The van der Waals surface area contributed by atoms with Crippen molar-refractivity contribution < 1.29 is 13.2 Å². The summed E-state index contributed by atoms with van der Waals surface area (Å²) in [6.45, 7) is 5.15. The molecule has 18 heavy (non-hydrogen) atoms. The summed E-state index contributed by atoms with van der Waals surface area (Å²) in [7, 11) is 1.75. The second-order valence-corrected chi connectivity index (χ2v) is 6.46. The first-order valence-electron chi connectivity index (χ1n) is 6.60. The van der Waals surface area contributed by atoms with E-state index in [0.717, 1.165) is 19.3 Å². The third kappa shape index (κ3) is 5.57. The van der Waals surface area contributed by atoms with Crippen molar-refractivity contribution in [2.75, 3.05) is 20.1 Å². The Morgan fingerprint density at radius 2 is 1.94 bits per heavy atom. The number of alkyl halides is 3. The lowest BCUT2D eigenvalue weighted by Gasteiger charge is -2.40. The van der Waals surface area contributed by atoms with Gasteiger partial charge in [-0.1, -0.05) is 13.8 Å². The molecule has 1 aliphatic rings. The van der Waals surface area contributed by atoms with Gasteiger partial charge in [0.1, 0.15) is 0 Å². The molecule has 0 heterocycles. The first kappa shape index (κ1) is 15.8. The average Bonchev–Trinajstić information content (AvgIpc) is 2.19. The molecule has 0 aromatic carbocycles. The van der Waals surface area contributed by atoms with E-state index in [0.29, 0.717) is 12.5 Å². The van der Waals surface area contributed by atoms with Gasteiger partial charge in [-0.15, -0.1) is 0 Å². The van der Waals surface area contributed by atoms with Crippen LogP contribution >= 0.6 is 0 Å². The Hall–Kier alpha value is -0.290. The van der Waals surface area contributed by atoms with Crippen molar-refractivity contribution in [2.45, 2.75) is 51.7 Å². The van der Waals surface area contributed by atoms with Gasteiger partial charge in [0.25, 0.3) is 0 Å². The maximum Gasteiger partial charge on any atom is 0.390 e. The normalized spacial score (nSPS) is 28.7. The number of nitrogens with zero attached hydrogens (tertiary/aromatic N) is 1. The monoisotopic (exact) mass is 266 g/mol. The van der Waals surface area contributed by atoms with Crippen molar-refractivity contribution in [1.82, 2.24) is 4.90 Å². The molecule has 1 saturated carbocycles. The van der Waals surface area contributed by atoms with E-state index in [2.05, 4.69) is 13.8 Å². The fourth-order valence-electron chi connectivity index (χ4n) is 2.77. The fourth-order valence-corrected chi connectivity index (χ4v) is 2.77. The summed E-state index contributed by atoms with van der Waals surface area (Å²) in [5, 5.41) is 0. The lowest BCUT2D eigenvalue weighted by Crippen LogP contribution is -2.44. The third-order valence-corrected chi connectivity index (χ3v) is 3.90. The zero-order valence-corrected chi connectivity index (χ0v) is 11.6. The molecule has 1 rings (SSSR count). The Balaban J connectivity index is 2.40. The molecule has 0 aromatic heterocycles. The van der Waals surface area contributed by atoms with Gasteiger partial charge in [-0.05, 0) is 37.6 Å². The van der Waals surface area contributed by atoms with Crippen molar-refractivity contribution >= 4 is 0 Å². The van der Waals surface area contributed by atoms with E-state index >= 15 is 0 Å². The molecule has 1 fully saturated rings. The van der Waals surface area contributed by atoms with Crippen LogP contribution in [0.3, 0.4) is 0 Å². The summed E-state index contributed by atoms with van der Waals surface area (Å²) in [5.41, 5.74) is 6.35. The van der Waals surface area contributed by atoms with Gasteiger partial charge in [-0.25, -0.2) is 0 Å². The van der Waals surface area contributed by atoms with Crippen LogP contribution in [0.5, 0.6) is 0 Å². The third-order valence-electron chi connectivity index (χ3n) is 3.90. The van der Waals surface area contributed by atoms with Crippen molar-refractivity contribution in [2.24, 2.45) is 17.1 Å². The molecule has 0 radical (unpaired) electrons. The van der Waals surface area contributed by atoms with Gasteiger partial charge in [0.05, 0.1) is 6.42 Å². The van der Waals surface area contributed by atoms with E-state index < -0.39 is 12.6 Å². The minimum atomic E-state index is -4.07. The van der Waals surface area contributed by atoms with Crippen LogP contribution < -0.4 is 5.73 Å². The molecule has 0 aliphatic heterocycles. The quantitative estimate of drug-likeness (QED) is 0.847. The predicted octanol–water partition coefficient (Wildman–Crippen LogP) is 3.02. The molecule has 2 atom stereocenters. The van der Waals surface area contributed by atoms with Gasteiger partial charge < -0.3 is 10.6 Å². The molecule has 2 unspecified atom stereocenters. The van der Waals surface area contributed by atoms with E-state index in [4.69, 9.17) is 5.73 Å². The Kier molecular flexibility index (Phi) is 5.06. The van der Waals surface area contributed by atoms with Gasteiger partial charge in [0.15, 0.2) is 0 Å². The van der Waals surface area contributed by atoms with Gasteiger partial charge in [-0.2, -0.15) is 13.2 Å². The van der Waals surface area contributed by atoms with Crippen molar-refractivity contribution in [3.8, 4) is 0 Å². The molecule has 0 saturated heterocycles. The molecule has 0 amide bonds. The maximum absolute atomic E-state index is 12.1. The second kappa shape index (κ2) is 5.78. The number of hydrogen-bond acceptors (Lipinski definition) is 2. The van der Waals surface area contributed by atoms with Crippen LogP contribution in [-0.2, 0) is 0 Å². The largest absolute Gasteiger partial charge is 0.390 e. The molecule has 1 aliphatic carbocycles. The fraction of sp³-hybridized carbons (Fsp3) is 1.00. The second-order valence-electron chi connectivity index (χ2n) is 6.46. The standard InChI is InChI=1S/C13H25F3N2/c1-12(2)5-4-11(17)10(8-12)9-18(3)7-6-13(14,15)16/h10-11H,4-9,17H2,1-3H3. The van der Waals surface area contributed by atoms with Gasteiger partial charge in [0.2, 0.25) is 0 Å². The Morgan fingerprint density at radius 3 is 2.50 bits per heavy atom. The topological polar surface area (TPSA) is 29.3 Å². The predicted molar refractivity (Wildman–Crippen MR) is 67.3 cm³/mol. The van der Waals surface area contributed by atoms with Crippen LogP contribution in [0.2, 0.25) is 0 Å². The Labute approximate surface area is 108 Å². The van der Waals surface area contributed by atoms with Crippen LogP contribution in [-0.4, -0.2) is 37.3 Å². The number of nitrogens with two attached hydrogens (primary N) is 1. The van der Waals surface area contributed by atoms with E-state index in [1.807, 2.05) is 0 Å². The molecule has 2 N–H and O–H groups in total. The lowest BCUT2D eigenvalue weighted by molar-refractivity contribution is -0.137. The summed E-state index contributed by atoms with van der Waals surface area (Å²) < 4.78 is 36.4. The highest BCUT2D eigenvalue weighted by atomic mass is 19.4. The lowest BCUT2D eigenvalue weighted by atomic mass is 9.70. The highest BCUT2D eigenvalue weighted by Crippen LogP contribution is 2.38. The molecular formula is C13H25F3N2. The van der Waals surface area contributed by atoms with Gasteiger partial charge in [-0.3, -0.25) is 0 Å². The van der Waals surface area contributed by atoms with Crippen LogP contribution in [0.25, 0.3) is 0 Å². The zero-order valence-electron chi connectivity index (χ0n) is 11.6. The smallest absolute Gasteiger partial charge is 0.327 e. The summed E-state index contributed by atoms with van der Waals surface area (Å²) >= 11 is 0. The van der Waals surface area contributed by atoms with Gasteiger partial charge in [0, 0.05) is 19.1 Å². The first-order valence-corrected chi connectivity index (χ1v) is 6.60. The Bertz CT molecular complexity index is 263. The van der Waals surface area contributed by atoms with E-state index in [-0.39, 0.29) is 18.0 Å². The van der Waals surface area contributed by atoms with Gasteiger partial charge >= 0.3 is 6.18 Å². The Morgan fingerprint density at radius 1 is 1.33 bits per heavy atom. The number of rotatable bonds is 4. The SMILES string of the molecule is CN(CCC(F)(F)F)CC1CC(C)(C)CCC1N. The van der Waals surface area contributed by atoms with Crippen molar-refractivity contribution in [3.05, 3.63) is 0 Å². The van der Waals surface area contributed by atoms with E-state index in [1.165, 1.54) is 0 Å². The van der Waals surface area contributed by atoms with Crippen LogP contribution in [0.15, 0.2) is 0 Å². The van der Waals surface area contributed by atoms with Crippen LogP contribution in [0.4, 0.5) is 13.2 Å². The number of halogens is 3. The molecule has 0 aromatic rings. The maximum atomic E-state index is 12.1. The molecule has 0 spiro atoms. The first-order chi connectivity index (χ1) is 8.09. The summed E-state index contributed by atoms with van der Waals surface area (Å²) in [4.78, 5) is 1.76. The summed E-state index contributed by atoms with van der Waals surface area (Å²) in [6.07, 6.45) is -1.72. The summed E-state index contributed by atoms with van der Waals surface area (Å²) in [5.74, 6) is 0.312. The molecule has 108 valence electrons. The summed E-state index contributed by atoms with van der Waals surface area (Å²) in [6, 6.07) is 0.131. The van der Waals surface area contributed by atoms with E-state index in [9.17, 15) is 13.2 Å². The van der Waals surface area contributed by atoms with Crippen LogP contribution in [0, 0.1) is 11.3 Å². The molecular weight excluding hydrogens is 241 g/mol. The molecule has 2 nitrogen and oxygen atoms in total. The number of hydrogen-bond donors (Lipinski definition) is 1. The average molecular weight is 266 g/mol. The highest BCUT2D eigenvalue weighted by molar-refractivity contribution is 4.88. The van der Waals surface area contributed by atoms with Crippen molar-refractivity contribution in [3.63, 3.8) is 0 Å².